The number of oxime groups is 1. The fourth-order valence-electron chi connectivity index (χ4n) is 0.296. The van der Waals surface area contributed by atoms with Crippen LogP contribution in [-0.2, 0) is 4.84 Å². The Morgan fingerprint density at radius 1 is 1.69 bits per heavy atom. The Bertz CT molecular complexity index is 236. The zero-order valence-corrected chi connectivity index (χ0v) is 7.60. The maximum absolute atomic E-state index is 10.5. The summed E-state index contributed by atoms with van der Waals surface area (Å²) in [5.74, 6) is 0. The lowest BCUT2D eigenvalue weighted by molar-refractivity contribution is -0.536. The van der Waals surface area contributed by atoms with E-state index >= 15 is 0 Å². The summed E-state index contributed by atoms with van der Waals surface area (Å²) in [7, 11) is 1.36. The third kappa shape index (κ3) is 4.04. The fourth-order valence-corrected chi connectivity index (χ4v) is 0.296. The largest absolute Gasteiger partial charge is 0.433 e. The van der Waals surface area contributed by atoms with Crippen LogP contribution in [0.3, 0.4) is 0 Å². The minimum atomic E-state index is -1.34. The lowest BCUT2D eigenvalue weighted by atomic mass is 10.1. The maximum Gasteiger partial charge on any atom is 0.433 e. The normalized spacial score (nSPS) is 11.3. The molecule has 0 spiro atoms. The highest BCUT2D eigenvalue weighted by Crippen LogP contribution is 2.03. The number of carbonyl (C=O) groups excluding carboxylic acids is 1. The lowest BCUT2D eigenvalue weighted by Crippen LogP contribution is -2.32. The molecule has 0 atom stereocenters. The third-order valence-corrected chi connectivity index (χ3v) is 1.18. The smallest absolute Gasteiger partial charge is 0.323 e. The quantitative estimate of drug-likeness (QED) is 0.300. The molecule has 0 rings (SSSR count). The molecule has 7 nitrogen and oxygen atoms in total. The average Bonchev–Trinajstić information content (AvgIpc) is 2.03. The van der Waals surface area contributed by atoms with Crippen molar-refractivity contribution in [1.29, 1.82) is 0 Å². The summed E-state index contributed by atoms with van der Waals surface area (Å²) in [6, 6.07) is 0. The minimum Gasteiger partial charge on any atom is -0.323 e. The first-order chi connectivity index (χ1) is 5.90. The van der Waals surface area contributed by atoms with E-state index in [1.807, 2.05) is 0 Å². The number of nitrogens with zero attached hydrogens (tertiary/aromatic N) is 2. The van der Waals surface area contributed by atoms with Crippen LogP contribution in [0.15, 0.2) is 5.16 Å². The molecule has 0 aromatic carbocycles. The molecular weight excluding hydrogens is 178 g/mol. The first-order valence-corrected chi connectivity index (χ1v) is 3.48. The maximum atomic E-state index is 10.5. The highest BCUT2D eigenvalue weighted by Gasteiger charge is 2.28. The Kier molecular flexibility index (Phi) is 3.83. The van der Waals surface area contributed by atoms with Gasteiger partial charge in [0.25, 0.3) is 5.54 Å². The van der Waals surface area contributed by atoms with Gasteiger partial charge in [-0.3, -0.25) is 15.0 Å². The van der Waals surface area contributed by atoms with Crippen molar-refractivity contribution in [1.82, 2.24) is 5.32 Å². The minimum absolute atomic E-state index is 0.538. The summed E-state index contributed by atoms with van der Waals surface area (Å²) in [5.41, 5.74) is -1.34. The molecule has 0 aliphatic heterocycles. The van der Waals surface area contributed by atoms with Crippen molar-refractivity contribution in [3.63, 3.8) is 0 Å². The number of rotatable bonds is 3. The molecule has 13 heavy (non-hydrogen) atoms. The highest BCUT2D eigenvalue weighted by molar-refractivity contribution is 5.70. The summed E-state index contributed by atoms with van der Waals surface area (Å²) in [6.45, 7) is 2.67. The van der Waals surface area contributed by atoms with Crippen LogP contribution in [-0.4, -0.2) is 29.8 Å². The molecule has 0 saturated carbocycles. The van der Waals surface area contributed by atoms with E-state index in [0.29, 0.717) is 0 Å². The Balaban J connectivity index is 4.12. The number of hydrogen-bond donors (Lipinski definition) is 1. The van der Waals surface area contributed by atoms with Crippen molar-refractivity contribution in [2.75, 3.05) is 7.05 Å². The number of nitrogens with one attached hydrogen (secondary N) is 1. The topological polar surface area (TPSA) is 93.8 Å². The summed E-state index contributed by atoms with van der Waals surface area (Å²) in [5, 5.41) is 15.6. The van der Waals surface area contributed by atoms with Gasteiger partial charge in [0, 0.05) is 25.8 Å². The van der Waals surface area contributed by atoms with E-state index in [0.717, 1.165) is 6.21 Å². The first-order valence-electron chi connectivity index (χ1n) is 3.48. The van der Waals surface area contributed by atoms with Crippen LogP contribution in [0.5, 0.6) is 0 Å². The fraction of sp³-hybridized carbons (Fsp3) is 0.667. The Morgan fingerprint density at radius 3 is 2.62 bits per heavy atom. The van der Waals surface area contributed by atoms with Gasteiger partial charge in [0.05, 0.1) is 0 Å². The van der Waals surface area contributed by atoms with Gasteiger partial charge >= 0.3 is 6.09 Å². The third-order valence-electron chi connectivity index (χ3n) is 1.18. The van der Waals surface area contributed by atoms with E-state index < -0.39 is 16.6 Å². The molecule has 0 aromatic heterocycles. The van der Waals surface area contributed by atoms with E-state index in [1.165, 1.54) is 20.9 Å². The van der Waals surface area contributed by atoms with Crippen molar-refractivity contribution in [2.45, 2.75) is 19.4 Å². The Hall–Kier alpha value is -1.66. The van der Waals surface area contributed by atoms with Crippen LogP contribution in [0, 0.1) is 10.1 Å². The van der Waals surface area contributed by atoms with E-state index in [4.69, 9.17) is 0 Å². The molecule has 0 unspecified atom stereocenters. The monoisotopic (exact) mass is 189 g/mol. The second-order valence-corrected chi connectivity index (χ2v) is 2.77. The molecule has 0 saturated heterocycles. The summed E-state index contributed by atoms with van der Waals surface area (Å²) < 4.78 is 0. The molecule has 7 heteroatoms. The highest BCUT2D eigenvalue weighted by atomic mass is 16.7. The zero-order valence-electron chi connectivity index (χ0n) is 7.60. The number of carbonyl (C=O) groups is 1. The molecule has 1 N–H and O–H groups in total. The van der Waals surface area contributed by atoms with E-state index in [2.05, 4.69) is 15.3 Å². The number of nitro groups is 1. The summed E-state index contributed by atoms with van der Waals surface area (Å²) in [4.78, 5) is 24.4. The van der Waals surface area contributed by atoms with Crippen LogP contribution in [0.25, 0.3) is 0 Å². The molecule has 0 heterocycles. The zero-order chi connectivity index (χ0) is 10.5. The van der Waals surface area contributed by atoms with Gasteiger partial charge in [0.2, 0.25) is 0 Å². The Labute approximate surface area is 74.9 Å². The van der Waals surface area contributed by atoms with Gasteiger partial charge in [-0.15, -0.1) is 0 Å². The molecule has 0 fully saturated rings. The van der Waals surface area contributed by atoms with Crippen LogP contribution < -0.4 is 5.32 Å². The van der Waals surface area contributed by atoms with Gasteiger partial charge in [0.1, 0.15) is 6.21 Å². The predicted octanol–water partition coefficient (Wildman–Crippen LogP) is 0.384. The number of amides is 1. The lowest BCUT2D eigenvalue weighted by Gasteiger charge is -2.07. The summed E-state index contributed by atoms with van der Waals surface area (Å²) in [6.07, 6.45) is 0.179. The molecule has 1 amide bonds. The van der Waals surface area contributed by atoms with Gasteiger partial charge < -0.3 is 5.32 Å². The van der Waals surface area contributed by atoms with Crippen LogP contribution >= 0.6 is 0 Å². The molecule has 0 aliphatic rings. The number of hydrogen-bond acceptors (Lipinski definition) is 5. The van der Waals surface area contributed by atoms with Crippen molar-refractivity contribution in [2.24, 2.45) is 5.16 Å². The van der Waals surface area contributed by atoms with Crippen LogP contribution in [0.4, 0.5) is 4.79 Å². The second kappa shape index (κ2) is 4.39. The molecule has 0 aromatic rings. The SMILES string of the molecule is CNC(=O)ON=CC(C)(C)[N+](=O)[O-]. The first kappa shape index (κ1) is 11.3. The Morgan fingerprint density at radius 2 is 2.23 bits per heavy atom. The van der Waals surface area contributed by atoms with Gasteiger partial charge in [-0.05, 0) is 0 Å². The van der Waals surface area contributed by atoms with E-state index in [-0.39, 0.29) is 0 Å². The van der Waals surface area contributed by atoms with E-state index in [1.54, 1.807) is 0 Å². The molecular formula is C6H11N3O4. The average molecular weight is 189 g/mol. The van der Waals surface area contributed by atoms with Gasteiger partial charge in [-0.25, -0.2) is 4.79 Å². The standard InChI is InChI=1S/C6H11N3O4/c1-6(2,9(11)12)4-8-13-5(10)7-3/h4H,1-3H3,(H,7,10). The van der Waals surface area contributed by atoms with Crippen molar-refractivity contribution in [3.8, 4) is 0 Å². The van der Waals surface area contributed by atoms with Crippen molar-refractivity contribution >= 4 is 12.3 Å². The van der Waals surface area contributed by atoms with E-state index in [9.17, 15) is 14.9 Å². The summed E-state index contributed by atoms with van der Waals surface area (Å²) >= 11 is 0. The second-order valence-electron chi connectivity index (χ2n) is 2.77. The molecule has 74 valence electrons. The predicted molar refractivity (Wildman–Crippen MR) is 45.1 cm³/mol. The molecule has 0 aliphatic carbocycles. The molecule has 0 radical (unpaired) electrons. The van der Waals surface area contributed by atoms with Crippen molar-refractivity contribution in [3.05, 3.63) is 10.1 Å². The van der Waals surface area contributed by atoms with Crippen LogP contribution in [0.1, 0.15) is 13.8 Å². The van der Waals surface area contributed by atoms with Crippen LogP contribution in [0.2, 0.25) is 0 Å². The van der Waals surface area contributed by atoms with Gasteiger partial charge in [0.15, 0.2) is 0 Å². The molecule has 0 bridgehead atoms. The van der Waals surface area contributed by atoms with Gasteiger partial charge in [-0.1, -0.05) is 5.16 Å². The van der Waals surface area contributed by atoms with Gasteiger partial charge in [-0.2, -0.15) is 0 Å². The van der Waals surface area contributed by atoms with Crippen molar-refractivity contribution < 1.29 is 14.6 Å².